The first-order chi connectivity index (χ1) is 15.4. The van der Waals surface area contributed by atoms with Gasteiger partial charge in [-0.1, -0.05) is 48.9 Å². The van der Waals surface area contributed by atoms with E-state index in [2.05, 4.69) is 20.1 Å². The number of nitrogens with one attached hydrogen (secondary N) is 1. The fraction of sp³-hybridized carbons (Fsp3) is 0.632. The van der Waals surface area contributed by atoms with Crippen molar-refractivity contribution in [3.8, 4) is 0 Å². The number of ether oxygens (including phenoxy) is 1. The SMILES string of the molecule is [B]OC(=O)[C@H](CO[Si](C)(C)C(C)(C)C)O/N=C(\C(=O)O)c1nc(NC(=O)OC(C)(C)C)sc1Cl. The Kier molecular flexibility index (Phi) is 10.1. The Bertz CT molecular complexity index is 943. The molecule has 0 bridgehead atoms. The first-order valence-corrected chi connectivity index (χ1v) is 14.2. The van der Waals surface area contributed by atoms with Crippen LogP contribution in [0.5, 0.6) is 0 Å². The Morgan fingerprint density at radius 2 is 1.82 bits per heavy atom. The van der Waals surface area contributed by atoms with Crippen molar-refractivity contribution in [1.82, 2.24) is 4.98 Å². The minimum atomic E-state index is -2.28. The van der Waals surface area contributed by atoms with Crippen molar-refractivity contribution in [1.29, 1.82) is 0 Å². The zero-order valence-corrected chi connectivity index (χ0v) is 22.9. The molecule has 1 rings (SSSR count). The van der Waals surface area contributed by atoms with E-state index in [0.29, 0.717) is 0 Å². The van der Waals surface area contributed by atoms with Crippen molar-refractivity contribution in [2.45, 2.75) is 71.4 Å². The highest BCUT2D eigenvalue weighted by Crippen LogP contribution is 2.36. The van der Waals surface area contributed by atoms with E-state index in [1.54, 1.807) is 20.8 Å². The van der Waals surface area contributed by atoms with Crippen molar-refractivity contribution >= 4 is 68.2 Å². The lowest BCUT2D eigenvalue weighted by Gasteiger charge is -2.36. The van der Waals surface area contributed by atoms with Gasteiger partial charge in [0.25, 0.3) is 0 Å². The number of carboxylic acids is 1. The molecule has 1 heterocycles. The Hall–Kier alpha value is -2.16. The monoisotopic (exact) mass is 533 g/mol. The summed E-state index contributed by atoms with van der Waals surface area (Å²) in [5.41, 5.74) is -1.75. The number of oxime groups is 1. The highest BCUT2D eigenvalue weighted by molar-refractivity contribution is 7.20. The number of carbonyl (C=O) groups excluding carboxylic acids is 2. The molecule has 2 N–H and O–H groups in total. The second-order valence-corrected chi connectivity index (χ2v) is 16.0. The third-order valence-electron chi connectivity index (χ3n) is 4.67. The quantitative estimate of drug-likeness (QED) is 0.273. The Morgan fingerprint density at radius 1 is 1.24 bits per heavy atom. The van der Waals surface area contributed by atoms with Crippen LogP contribution >= 0.6 is 22.9 Å². The molecule has 0 aliphatic heterocycles. The maximum atomic E-state index is 12.0. The summed E-state index contributed by atoms with van der Waals surface area (Å²) in [6.07, 6.45) is -2.24. The maximum Gasteiger partial charge on any atom is 0.413 e. The Balaban J connectivity index is 3.12. The molecule has 34 heavy (non-hydrogen) atoms. The average molecular weight is 534 g/mol. The number of hydrogen-bond acceptors (Lipinski definition) is 10. The fourth-order valence-electron chi connectivity index (χ4n) is 1.91. The van der Waals surface area contributed by atoms with Gasteiger partial charge in [0, 0.05) is 0 Å². The smallest absolute Gasteiger partial charge is 0.413 e. The van der Waals surface area contributed by atoms with Crippen LogP contribution in [0.1, 0.15) is 47.2 Å². The lowest BCUT2D eigenvalue weighted by atomic mass is 10.2. The number of aliphatic carboxylic acids is 1. The van der Waals surface area contributed by atoms with E-state index < -0.39 is 43.8 Å². The average Bonchev–Trinajstić information content (AvgIpc) is 3.00. The van der Waals surface area contributed by atoms with Crippen molar-refractivity contribution in [2.75, 3.05) is 11.9 Å². The van der Waals surface area contributed by atoms with Gasteiger partial charge in [0.05, 0.1) is 6.61 Å². The minimum absolute atomic E-state index is 0.0256. The van der Waals surface area contributed by atoms with Gasteiger partial charge < -0.3 is 23.8 Å². The van der Waals surface area contributed by atoms with Gasteiger partial charge in [0.15, 0.2) is 13.4 Å². The van der Waals surface area contributed by atoms with Gasteiger partial charge >= 0.3 is 26.1 Å². The number of thiazole rings is 1. The predicted octanol–water partition coefficient (Wildman–Crippen LogP) is 3.97. The normalized spacial score (nSPS) is 13.7. The van der Waals surface area contributed by atoms with Gasteiger partial charge in [-0.05, 0) is 38.9 Å². The number of carboxylic acid groups (broad SMARTS) is 1. The van der Waals surface area contributed by atoms with E-state index in [4.69, 9.17) is 33.7 Å². The van der Waals surface area contributed by atoms with E-state index in [1.807, 2.05) is 33.9 Å². The van der Waals surface area contributed by atoms with Crippen LogP contribution in [0.15, 0.2) is 5.16 Å². The number of hydrogen-bond donors (Lipinski definition) is 2. The number of carbonyl (C=O) groups is 3. The van der Waals surface area contributed by atoms with Gasteiger partial charge in [0.2, 0.25) is 11.8 Å². The molecule has 0 aliphatic carbocycles. The van der Waals surface area contributed by atoms with Crippen LogP contribution in [0, 0.1) is 0 Å². The molecule has 1 amide bonds. The summed E-state index contributed by atoms with van der Waals surface area (Å²) in [5.74, 6) is -2.55. The number of rotatable bonds is 9. The third kappa shape index (κ3) is 8.89. The molecule has 2 radical (unpaired) electrons. The zero-order chi connectivity index (χ0) is 26.5. The molecule has 0 fully saturated rings. The predicted molar refractivity (Wildman–Crippen MR) is 131 cm³/mol. The number of nitrogens with zero attached hydrogens (tertiary/aromatic N) is 2. The molecule has 1 aromatic rings. The molecule has 1 aromatic heterocycles. The highest BCUT2D eigenvalue weighted by Gasteiger charge is 2.39. The van der Waals surface area contributed by atoms with E-state index >= 15 is 0 Å². The zero-order valence-electron chi connectivity index (χ0n) is 20.3. The van der Waals surface area contributed by atoms with Gasteiger partial charge in [-0.25, -0.2) is 19.4 Å². The number of amides is 1. The summed E-state index contributed by atoms with van der Waals surface area (Å²) in [4.78, 5) is 44.9. The van der Waals surface area contributed by atoms with Crippen LogP contribution in [0.4, 0.5) is 9.93 Å². The van der Waals surface area contributed by atoms with Crippen molar-refractivity contribution < 1.29 is 38.1 Å². The molecule has 0 aromatic carbocycles. The van der Waals surface area contributed by atoms with Gasteiger partial charge in [-0.3, -0.25) is 5.32 Å². The van der Waals surface area contributed by atoms with Crippen molar-refractivity contribution in [2.24, 2.45) is 5.16 Å². The minimum Gasteiger partial charge on any atom is -0.541 e. The van der Waals surface area contributed by atoms with E-state index in [1.165, 1.54) is 0 Å². The van der Waals surface area contributed by atoms with Crippen LogP contribution in [0.2, 0.25) is 22.5 Å². The number of aromatic nitrogens is 1. The van der Waals surface area contributed by atoms with Crippen molar-refractivity contribution in [3.05, 3.63) is 10.0 Å². The first-order valence-electron chi connectivity index (χ1n) is 10.1. The standard InChI is InChI=1S/C19H29BClN3O8SSi/c1-18(2,3)30-17(28)23-16-22-11(13(21)33-16)12(14(25)26)24-32-10(15(27)31-20)9-29-34(7,8)19(4,5)6/h10H,9H2,1-8H3,(H,25,26)(H,22,23,28)/b24-12-/t10-/m0/s1. The van der Waals surface area contributed by atoms with Crippen LogP contribution in [0.25, 0.3) is 0 Å². The summed E-state index contributed by atoms with van der Waals surface area (Å²) in [6, 6.07) is 0. The van der Waals surface area contributed by atoms with Crippen LogP contribution in [-0.4, -0.2) is 68.5 Å². The highest BCUT2D eigenvalue weighted by atomic mass is 35.5. The van der Waals surface area contributed by atoms with Gasteiger partial charge in [-0.15, -0.1) is 0 Å². The maximum absolute atomic E-state index is 12.0. The Labute approximate surface area is 209 Å². The topological polar surface area (TPSA) is 146 Å². The lowest BCUT2D eigenvalue weighted by Crippen LogP contribution is -2.44. The van der Waals surface area contributed by atoms with Crippen LogP contribution < -0.4 is 5.32 Å². The molecule has 0 saturated heterocycles. The molecule has 0 spiro atoms. The molecule has 0 aliphatic rings. The van der Waals surface area contributed by atoms with Crippen LogP contribution in [-0.2, 0) is 28.2 Å². The second-order valence-electron chi connectivity index (χ2n) is 9.62. The molecule has 0 saturated carbocycles. The van der Waals surface area contributed by atoms with Gasteiger partial charge in [-0.2, -0.15) is 0 Å². The fourth-order valence-corrected chi connectivity index (χ4v) is 3.94. The van der Waals surface area contributed by atoms with Crippen LogP contribution in [0.3, 0.4) is 0 Å². The second kappa shape index (κ2) is 11.5. The van der Waals surface area contributed by atoms with E-state index in [-0.39, 0.29) is 26.8 Å². The summed E-state index contributed by atoms with van der Waals surface area (Å²) >= 11 is 6.90. The largest absolute Gasteiger partial charge is 0.541 e. The van der Waals surface area contributed by atoms with Gasteiger partial charge in [0.1, 0.15) is 15.6 Å². The number of anilines is 1. The Morgan fingerprint density at radius 3 is 2.29 bits per heavy atom. The summed E-state index contributed by atoms with van der Waals surface area (Å²) in [6.45, 7) is 14.7. The molecular weight excluding hydrogens is 505 g/mol. The molecule has 0 unspecified atom stereocenters. The third-order valence-corrected chi connectivity index (χ3v) is 10.3. The first kappa shape index (κ1) is 29.9. The molecule has 15 heteroatoms. The molecule has 1 atom stereocenters. The molecular formula is C19H29BClN3O8SSi. The number of halogens is 1. The summed E-state index contributed by atoms with van der Waals surface area (Å²) in [5, 5.41) is 15.3. The van der Waals surface area contributed by atoms with Crippen molar-refractivity contribution in [3.63, 3.8) is 0 Å². The van der Waals surface area contributed by atoms with E-state index in [9.17, 15) is 19.5 Å². The van der Waals surface area contributed by atoms with E-state index in [0.717, 1.165) is 11.3 Å². The lowest BCUT2D eigenvalue weighted by molar-refractivity contribution is -0.149. The summed E-state index contributed by atoms with van der Waals surface area (Å²) in [7, 11) is 2.69. The summed E-state index contributed by atoms with van der Waals surface area (Å²) < 4.78 is 15.2. The molecule has 11 nitrogen and oxygen atoms in total. The molecule has 188 valence electrons.